The van der Waals surface area contributed by atoms with Crippen LogP contribution in [-0.2, 0) is 5.41 Å². The molecule has 4 aromatic carbocycles. The largest absolute Gasteiger partial charge is 0.410 e. The zero-order valence-corrected chi connectivity index (χ0v) is 16.0. The average Bonchev–Trinajstić information content (AvgIpc) is 2.96. The molecule has 1 N–H and O–H groups in total. The van der Waals surface area contributed by atoms with Crippen LogP contribution < -0.4 is 0 Å². The van der Waals surface area contributed by atoms with Gasteiger partial charge in [0.25, 0.3) is 0 Å². The van der Waals surface area contributed by atoms with Gasteiger partial charge in [-0.2, -0.15) is 0 Å². The Morgan fingerprint density at radius 1 is 0.750 bits per heavy atom. The summed E-state index contributed by atoms with van der Waals surface area (Å²) in [4.78, 5) is 0. The minimum Gasteiger partial charge on any atom is -0.410 e. The van der Waals surface area contributed by atoms with Crippen LogP contribution in [0.1, 0.15) is 36.1 Å². The summed E-state index contributed by atoms with van der Waals surface area (Å²) in [6.45, 7) is 4.52. The molecular formula is C26H21NO. The highest BCUT2D eigenvalue weighted by atomic mass is 16.4. The SMILES string of the molecule is CC1(C)c2ccccc2-c2ccc(/C(=N/O)c3cccc4ccccc34)cc21. The van der Waals surface area contributed by atoms with E-state index in [9.17, 15) is 5.21 Å². The molecular weight excluding hydrogens is 342 g/mol. The van der Waals surface area contributed by atoms with E-state index in [1.54, 1.807) is 0 Å². The second-order valence-corrected chi connectivity index (χ2v) is 7.91. The van der Waals surface area contributed by atoms with E-state index < -0.39 is 0 Å². The van der Waals surface area contributed by atoms with Crippen molar-refractivity contribution in [2.75, 3.05) is 0 Å². The van der Waals surface area contributed by atoms with Crippen molar-refractivity contribution in [2.24, 2.45) is 5.16 Å². The molecule has 0 saturated carbocycles. The fourth-order valence-electron chi connectivity index (χ4n) is 4.55. The number of hydrogen-bond donors (Lipinski definition) is 1. The summed E-state index contributed by atoms with van der Waals surface area (Å²) in [5, 5.41) is 15.9. The Morgan fingerprint density at radius 3 is 2.32 bits per heavy atom. The van der Waals surface area contributed by atoms with Gasteiger partial charge in [0.2, 0.25) is 0 Å². The minimum atomic E-state index is -0.0821. The summed E-state index contributed by atoms with van der Waals surface area (Å²) in [7, 11) is 0. The molecule has 0 fully saturated rings. The van der Waals surface area contributed by atoms with Crippen molar-refractivity contribution < 1.29 is 5.21 Å². The van der Waals surface area contributed by atoms with Gasteiger partial charge in [-0.05, 0) is 39.1 Å². The van der Waals surface area contributed by atoms with Crippen molar-refractivity contribution in [2.45, 2.75) is 19.3 Å². The fraction of sp³-hybridized carbons (Fsp3) is 0.115. The second-order valence-electron chi connectivity index (χ2n) is 7.91. The Balaban J connectivity index is 1.70. The van der Waals surface area contributed by atoms with Gasteiger partial charge in [-0.1, -0.05) is 97.9 Å². The van der Waals surface area contributed by atoms with E-state index in [-0.39, 0.29) is 5.41 Å². The molecule has 2 nitrogen and oxygen atoms in total. The maximum atomic E-state index is 9.93. The fourth-order valence-corrected chi connectivity index (χ4v) is 4.55. The first-order chi connectivity index (χ1) is 13.6. The van der Waals surface area contributed by atoms with E-state index in [4.69, 9.17) is 0 Å². The van der Waals surface area contributed by atoms with Gasteiger partial charge in [-0.15, -0.1) is 0 Å². The zero-order chi connectivity index (χ0) is 19.3. The number of benzene rings is 4. The Hall–Kier alpha value is -3.39. The lowest BCUT2D eigenvalue weighted by atomic mass is 9.81. The smallest absolute Gasteiger partial charge is 0.117 e. The number of rotatable bonds is 2. The lowest BCUT2D eigenvalue weighted by molar-refractivity contribution is 0.319. The molecule has 136 valence electrons. The molecule has 0 radical (unpaired) electrons. The van der Waals surface area contributed by atoms with Crippen LogP contribution in [0.3, 0.4) is 0 Å². The number of nitrogens with zero attached hydrogens (tertiary/aromatic N) is 1. The first-order valence-corrected chi connectivity index (χ1v) is 9.56. The predicted molar refractivity (Wildman–Crippen MR) is 115 cm³/mol. The van der Waals surface area contributed by atoms with Crippen LogP contribution in [0, 0.1) is 0 Å². The van der Waals surface area contributed by atoms with Gasteiger partial charge < -0.3 is 5.21 Å². The highest BCUT2D eigenvalue weighted by Gasteiger charge is 2.35. The first-order valence-electron chi connectivity index (χ1n) is 9.56. The highest BCUT2D eigenvalue weighted by molar-refractivity contribution is 6.19. The van der Waals surface area contributed by atoms with Crippen molar-refractivity contribution in [1.82, 2.24) is 0 Å². The molecule has 0 bridgehead atoms. The van der Waals surface area contributed by atoms with E-state index >= 15 is 0 Å². The third-order valence-electron chi connectivity index (χ3n) is 6.00. The maximum absolute atomic E-state index is 9.93. The molecule has 1 aliphatic rings. The molecule has 5 rings (SSSR count). The van der Waals surface area contributed by atoms with E-state index in [0.717, 1.165) is 21.9 Å². The van der Waals surface area contributed by atoms with E-state index in [1.807, 2.05) is 24.3 Å². The quantitative estimate of drug-likeness (QED) is 0.250. The summed E-state index contributed by atoms with van der Waals surface area (Å²) >= 11 is 0. The number of fused-ring (bicyclic) bond motifs is 4. The molecule has 0 aromatic heterocycles. The molecule has 28 heavy (non-hydrogen) atoms. The Kier molecular flexibility index (Phi) is 3.63. The number of oxime groups is 1. The van der Waals surface area contributed by atoms with Gasteiger partial charge in [0.15, 0.2) is 0 Å². The van der Waals surface area contributed by atoms with Crippen LogP contribution in [0.2, 0.25) is 0 Å². The van der Waals surface area contributed by atoms with Gasteiger partial charge in [0.1, 0.15) is 5.71 Å². The van der Waals surface area contributed by atoms with Crippen molar-refractivity contribution in [3.63, 3.8) is 0 Å². The molecule has 1 aliphatic carbocycles. The minimum absolute atomic E-state index is 0.0821. The summed E-state index contributed by atoms with van der Waals surface area (Å²) in [6.07, 6.45) is 0. The summed E-state index contributed by atoms with van der Waals surface area (Å²) in [6, 6.07) is 29.3. The molecule has 0 spiro atoms. The van der Waals surface area contributed by atoms with Crippen molar-refractivity contribution >= 4 is 16.5 Å². The molecule has 0 unspecified atom stereocenters. The van der Waals surface area contributed by atoms with Crippen molar-refractivity contribution in [3.8, 4) is 11.1 Å². The summed E-state index contributed by atoms with van der Waals surface area (Å²) in [5.74, 6) is 0. The van der Waals surface area contributed by atoms with Crippen molar-refractivity contribution in [3.05, 3.63) is 107 Å². The third kappa shape index (κ3) is 2.31. The van der Waals surface area contributed by atoms with Gasteiger partial charge in [0.05, 0.1) is 0 Å². The van der Waals surface area contributed by atoms with E-state index in [2.05, 4.69) is 79.7 Å². The van der Waals surface area contributed by atoms with Crippen LogP contribution in [0.15, 0.2) is 90.1 Å². The van der Waals surface area contributed by atoms with E-state index in [0.29, 0.717) is 5.71 Å². The normalized spacial score (nSPS) is 14.7. The highest BCUT2D eigenvalue weighted by Crippen LogP contribution is 2.48. The average molecular weight is 363 g/mol. The second kappa shape index (κ2) is 6.07. The first kappa shape index (κ1) is 16.8. The third-order valence-corrected chi connectivity index (χ3v) is 6.00. The topological polar surface area (TPSA) is 32.6 Å². The predicted octanol–water partition coefficient (Wildman–Crippen LogP) is 6.37. The Morgan fingerprint density at radius 2 is 1.46 bits per heavy atom. The Labute approximate surface area is 164 Å². The van der Waals surface area contributed by atoms with Crippen LogP contribution >= 0.6 is 0 Å². The van der Waals surface area contributed by atoms with Gasteiger partial charge in [0, 0.05) is 16.5 Å². The Bertz CT molecular complexity index is 1250. The van der Waals surface area contributed by atoms with Gasteiger partial charge in [-0.25, -0.2) is 0 Å². The lowest BCUT2D eigenvalue weighted by Crippen LogP contribution is -2.16. The zero-order valence-electron chi connectivity index (χ0n) is 16.0. The molecule has 0 atom stereocenters. The molecule has 0 amide bonds. The standard InChI is InChI=1S/C26H21NO/c1-26(2)23-13-6-5-11-20(23)21-15-14-18(16-24(21)26)25(27-28)22-12-7-9-17-8-3-4-10-19(17)22/h3-16,28H,1-2H3/b27-25-. The lowest BCUT2D eigenvalue weighted by Gasteiger charge is -2.22. The van der Waals surface area contributed by atoms with Crippen LogP contribution in [0.25, 0.3) is 21.9 Å². The monoisotopic (exact) mass is 363 g/mol. The van der Waals surface area contributed by atoms with Crippen LogP contribution in [0.5, 0.6) is 0 Å². The maximum Gasteiger partial charge on any atom is 0.117 e. The number of hydrogen-bond acceptors (Lipinski definition) is 2. The van der Waals surface area contributed by atoms with Crippen molar-refractivity contribution in [1.29, 1.82) is 0 Å². The molecule has 4 aromatic rings. The van der Waals surface area contributed by atoms with Gasteiger partial charge in [-0.3, -0.25) is 0 Å². The molecule has 2 heteroatoms. The molecule has 0 aliphatic heterocycles. The van der Waals surface area contributed by atoms with Crippen LogP contribution in [0.4, 0.5) is 0 Å². The summed E-state index contributed by atoms with van der Waals surface area (Å²) < 4.78 is 0. The van der Waals surface area contributed by atoms with Gasteiger partial charge >= 0.3 is 0 Å². The van der Waals surface area contributed by atoms with E-state index in [1.165, 1.54) is 22.3 Å². The molecule has 0 heterocycles. The summed E-state index contributed by atoms with van der Waals surface area (Å²) in [5.41, 5.74) is 7.56. The molecule has 0 saturated heterocycles. The van der Waals surface area contributed by atoms with Crippen LogP contribution in [-0.4, -0.2) is 10.9 Å².